The molecule has 2 heteroatoms. The third-order valence-electron chi connectivity index (χ3n) is 4.79. The van der Waals surface area contributed by atoms with Gasteiger partial charge in [0.1, 0.15) is 0 Å². The first-order valence-electron chi connectivity index (χ1n) is 8.10. The van der Waals surface area contributed by atoms with Crippen LogP contribution in [-0.2, 0) is 5.60 Å². The largest absolute Gasteiger partial charge is 0.377 e. The highest BCUT2D eigenvalue weighted by molar-refractivity contribution is 6.03. The van der Waals surface area contributed by atoms with Crippen molar-refractivity contribution < 1.29 is 9.90 Å². The van der Waals surface area contributed by atoms with Crippen molar-refractivity contribution in [2.45, 2.75) is 37.7 Å². The molecule has 3 rings (SSSR count). The van der Waals surface area contributed by atoms with Gasteiger partial charge in [0.25, 0.3) is 0 Å². The van der Waals surface area contributed by atoms with Crippen LogP contribution in [0.3, 0.4) is 0 Å². The van der Waals surface area contributed by atoms with E-state index in [1.807, 2.05) is 48.5 Å². The maximum absolute atomic E-state index is 13.1. The summed E-state index contributed by atoms with van der Waals surface area (Å²) in [4.78, 5) is 13.1. The van der Waals surface area contributed by atoms with E-state index in [-0.39, 0.29) is 11.7 Å². The third kappa shape index (κ3) is 2.71. The second-order valence-corrected chi connectivity index (χ2v) is 6.16. The molecule has 0 heterocycles. The van der Waals surface area contributed by atoms with Crippen molar-refractivity contribution in [1.82, 2.24) is 0 Å². The molecule has 0 saturated heterocycles. The van der Waals surface area contributed by atoms with Crippen LogP contribution in [-0.4, -0.2) is 10.9 Å². The molecule has 2 aromatic carbocycles. The monoisotopic (exact) mass is 294 g/mol. The highest BCUT2D eigenvalue weighted by Crippen LogP contribution is 2.41. The highest BCUT2D eigenvalue weighted by Gasteiger charge is 2.45. The molecular formula is C20H22O2. The maximum atomic E-state index is 13.1. The summed E-state index contributed by atoms with van der Waals surface area (Å²) < 4.78 is 0. The summed E-state index contributed by atoms with van der Waals surface area (Å²) in [6.45, 7) is 0. The summed E-state index contributed by atoms with van der Waals surface area (Å²) in [5, 5.41) is 11.5. The van der Waals surface area contributed by atoms with E-state index in [0.29, 0.717) is 5.56 Å². The minimum Gasteiger partial charge on any atom is -0.377 e. The van der Waals surface area contributed by atoms with E-state index < -0.39 is 5.60 Å². The van der Waals surface area contributed by atoms with Crippen molar-refractivity contribution in [3.63, 3.8) is 0 Å². The topological polar surface area (TPSA) is 37.3 Å². The summed E-state index contributed by atoms with van der Waals surface area (Å²) in [5.74, 6) is -0.178. The van der Waals surface area contributed by atoms with Crippen molar-refractivity contribution in [2.24, 2.45) is 5.92 Å². The van der Waals surface area contributed by atoms with Crippen LogP contribution in [0.15, 0.2) is 60.7 Å². The maximum Gasteiger partial charge on any atom is 0.199 e. The Balaban J connectivity index is 2.04. The summed E-state index contributed by atoms with van der Waals surface area (Å²) in [7, 11) is 0. The smallest absolute Gasteiger partial charge is 0.199 e. The summed E-state index contributed by atoms with van der Waals surface area (Å²) in [6, 6.07) is 18.6. The van der Waals surface area contributed by atoms with E-state index in [9.17, 15) is 9.90 Å². The Bertz CT molecular complexity index is 615. The van der Waals surface area contributed by atoms with Gasteiger partial charge in [-0.15, -0.1) is 0 Å². The molecular weight excluding hydrogens is 272 g/mol. The molecule has 114 valence electrons. The predicted octanol–water partition coefficient (Wildman–Crippen LogP) is 4.34. The highest BCUT2D eigenvalue weighted by atomic mass is 16.3. The minimum atomic E-state index is -1.41. The Hall–Kier alpha value is -1.93. The first kappa shape index (κ1) is 15.0. The average molecular weight is 294 g/mol. The first-order chi connectivity index (χ1) is 10.7. The van der Waals surface area contributed by atoms with Gasteiger partial charge in [-0.3, -0.25) is 4.79 Å². The number of rotatable bonds is 4. The second kappa shape index (κ2) is 6.45. The van der Waals surface area contributed by atoms with Crippen LogP contribution in [0.2, 0.25) is 0 Å². The van der Waals surface area contributed by atoms with Gasteiger partial charge < -0.3 is 5.11 Å². The van der Waals surface area contributed by atoms with Gasteiger partial charge in [-0.05, 0) is 24.3 Å². The molecule has 1 atom stereocenters. The molecule has 0 radical (unpaired) electrons. The zero-order chi connectivity index (χ0) is 15.4. The van der Waals surface area contributed by atoms with Crippen LogP contribution in [0.5, 0.6) is 0 Å². The van der Waals surface area contributed by atoms with Crippen LogP contribution in [0, 0.1) is 5.92 Å². The molecule has 1 fully saturated rings. The molecule has 0 bridgehead atoms. The van der Waals surface area contributed by atoms with Crippen molar-refractivity contribution in [3.05, 3.63) is 71.8 Å². The Morgan fingerprint density at radius 1 is 0.864 bits per heavy atom. The number of carbonyl (C=O) groups is 1. The second-order valence-electron chi connectivity index (χ2n) is 6.16. The number of aliphatic hydroxyl groups is 1. The first-order valence-corrected chi connectivity index (χ1v) is 8.10. The number of hydrogen-bond acceptors (Lipinski definition) is 2. The molecule has 1 N–H and O–H groups in total. The molecule has 22 heavy (non-hydrogen) atoms. The summed E-state index contributed by atoms with van der Waals surface area (Å²) in [6.07, 6.45) is 5.18. The molecule has 0 amide bonds. The number of Topliss-reactive ketones (excluding diaryl/α,β-unsaturated/α-hetero) is 1. The van der Waals surface area contributed by atoms with Gasteiger partial charge in [0.15, 0.2) is 11.4 Å². The van der Waals surface area contributed by atoms with Crippen LogP contribution < -0.4 is 0 Å². The minimum absolute atomic E-state index is 0.00337. The fraction of sp³-hybridized carbons (Fsp3) is 0.350. The molecule has 0 aliphatic heterocycles. The number of hydrogen-bond donors (Lipinski definition) is 1. The lowest BCUT2D eigenvalue weighted by Gasteiger charge is -2.37. The lowest BCUT2D eigenvalue weighted by molar-refractivity contribution is -0.0179. The molecule has 1 aliphatic rings. The molecule has 1 saturated carbocycles. The summed E-state index contributed by atoms with van der Waals surface area (Å²) in [5.41, 5.74) is -0.113. The number of benzene rings is 2. The summed E-state index contributed by atoms with van der Waals surface area (Å²) >= 11 is 0. The van der Waals surface area contributed by atoms with Crippen molar-refractivity contribution in [3.8, 4) is 0 Å². The van der Waals surface area contributed by atoms with Gasteiger partial charge in [-0.2, -0.15) is 0 Å². The normalized spacial score (nSPS) is 18.6. The zero-order valence-corrected chi connectivity index (χ0v) is 12.7. The van der Waals surface area contributed by atoms with E-state index in [0.717, 1.165) is 31.2 Å². The lowest BCUT2D eigenvalue weighted by Crippen LogP contribution is -2.44. The fourth-order valence-electron chi connectivity index (χ4n) is 3.57. The Morgan fingerprint density at radius 3 is 2.00 bits per heavy atom. The lowest BCUT2D eigenvalue weighted by atomic mass is 9.70. The molecule has 2 aromatic rings. The molecule has 2 nitrogen and oxygen atoms in total. The van der Waals surface area contributed by atoms with Gasteiger partial charge in [0.05, 0.1) is 0 Å². The van der Waals surface area contributed by atoms with E-state index in [1.54, 1.807) is 12.1 Å². The van der Waals surface area contributed by atoms with E-state index in [4.69, 9.17) is 0 Å². The Kier molecular flexibility index (Phi) is 4.39. The quantitative estimate of drug-likeness (QED) is 0.852. The molecule has 0 spiro atoms. The van der Waals surface area contributed by atoms with E-state index in [2.05, 4.69) is 0 Å². The molecule has 0 aromatic heterocycles. The third-order valence-corrected chi connectivity index (χ3v) is 4.79. The predicted molar refractivity (Wildman–Crippen MR) is 87.7 cm³/mol. The van der Waals surface area contributed by atoms with E-state index >= 15 is 0 Å². The van der Waals surface area contributed by atoms with Crippen molar-refractivity contribution >= 4 is 5.78 Å². The SMILES string of the molecule is O=C(c1ccccc1)C(O)(c1ccccc1)C1CCCCC1. The standard InChI is InChI=1S/C20H22O2/c21-19(16-10-4-1-5-11-16)20(22,17-12-6-2-7-13-17)18-14-8-3-9-15-18/h1-2,4-7,10-13,18,22H,3,8-9,14-15H2. The van der Waals surface area contributed by atoms with Gasteiger partial charge >= 0.3 is 0 Å². The number of ketones is 1. The fourth-order valence-corrected chi connectivity index (χ4v) is 3.57. The molecule has 1 aliphatic carbocycles. The van der Waals surface area contributed by atoms with Crippen molar-refractivity contribution in [2.75, 3.05) is 0 Å². The van der Waals surface area contributed by atoms with Crippen molar-refractivity contribution in [1.29, 1.82) is 0 Å². The molecule has 1 unspecified atom stereocenters. The van der Waals surface area contributed by atoms with Crippen LogP contribution in [0.25, 0.3) is 0 Å². The average Bonchev–Trinajstić information content (AvgIpc) is 2.62. The Labute approximate surface area is 131 Å². The zero-order valence-electron chi connectivity index (χ0n) is 12.7. The Morgan fingerprint density at radius 2 is 1.41 bits per heavy atom. The van der Waals surface area contributed by atoms with Gasteiger partial charge in [-0.1, -0.05) is 79.9 Å². The van der Waals surface area contributed by atoms with Crippen LogP contribution in [0.1, 0.15) is 48.0 Å². The van der Waals surface area contributed by atoms with E-state index in [1.165, 1.54) is 6.42 Å². The van der Waals surface area contributed by atoms with Crippen LogP contribution in [0.4, 0.5) is 0 Å². The van der Waals surface area contributed by atoms with Crippen LogP contribution >= 0.6 is 0 Å². The van der Waals surface area contributed by atoms with Gasteiger partial charge in [-0.25, -0.2) is 0 Å². The van der Waals surface area contributed by atoms with Gasteiger partial charge in [0, 0.05) is 5.56 Å². The van der Waals surface area contributed by atoms with Gasteiger partial charge in [0.2, 0.25) is 0 Å². The number of carbonyl (C=O) groups excluding carboxylic acids is 1.